The molecule has 1 atom stereocenters. The molecule has 142 valence electrons. The van der Waals surface area contributed by atoms with Crippen LogP contribution in [0, 0.1) is 5.92 Å². The predicted molar refractivity (Wildman–Crippen MR) is 107 cm³/mol. The standard InChI is InChI=1S/C21H23ClN2O3/c1-13(2)11-19(24-20(26)15-7-9-17(22)10-8-15)21(27)23-18-6-4-5-16(12-18)14(3)25/h4-10,12-13,19H,11H2,1-3H3,(H,23,27)(H,24,26)/t19-/m0/s1. The number of Topliss-reactive ketones (excluding diaryl/α,β-unsaturated/α-hetero) is 1. The fourth-order valence-corrected chi connectivity index (χ4v) is 2.72. The Balaban J connectivity index is 2.13. The van der Waals surface area contributed by atoms with Gasteiger partial charge in [0, 0.05) is 21.8 Å². The number of benzene rings is 2. The van der Waals surface area contributed by atoms with Crippen LogP contribution in [0.2, 0.25) is 5.02 Å². The average molecular weight is 387 g/mol. The summed E-state index contributed by atoms with van der Waals surface area (Å²) in [4.78, 5) is 36.7. The highest BCUT2D eigenvalue weighted by atomic mass is 35.5. The third-order valence-corrected chi connectivity index (χ3v) is 4.22. The van der Waals surface area contributed by atoms with Crippen LogP contribution < -0.4 is 10.6 Å². The summed E-state index contributed by atoms with van der Waals surface area (Å²) in [7, 11) is 0. The molecule has 0 heterocycles. The maximum Gasteiger partial charge on any atom is 0.251 e. The Kier molecular flexibility index (Phi) is 7.13. The van der Waals surface area contributed by atoms with Crippen molar-refractivity contribution < 1.29 is 14.4 Å². The van der Waals surface area contributed by atoms with Gasteiger partial charge in [-0.05, 0) is 55.7 Å². The molecular weight excluding hydrogens is 364 g/mol. The number of hydrogen-bond acceptors (Lipinski definition) is 3. The van der Waals surface area contributed by atoms with Crippen LogP contribution in [0.3, 0.4) is 0 Å². The molecule has 2 amide bonds. The molecule has 0 fully saturated rings. The smallest absolute Gasteiger partial charge is 0.251 e. The zero-order chi connectivity index (χ0) is 20.0. The third kappa shape index (κ3) is 6.22. The molecule has 6 heteroatoms. The predicted octanol–water partition coefficient (Wildman–Crippen LogP) is 4.33. The lowest BCUT2D eigenvalue weighted by Crippen LogP contribution is -2.44. The van der Waals surface area contributed by atoms with Crippen LogP contribution in [0.25, 0.3) is 0 Å². The van der Waals surface area contributed by atoms with Crippen molar-refractivity contribution in [1.82, 2.24) is 5.32 Å². The van der Waals surface area contributed by atoms with Gasteiger partial charge in [0.15, 0.2) is 5.78 Å². The molecule has 5 nitrogen and oxygen atoms in total. The fraction of sp³-hybridized carbons (Fsp3) is 0.286. The number of carbonyl (C=O) groups is 3. The molecule has 2 aromatic rings. The monoisotopic (exact) mass is 386 g/mol. The van der Waals surface area contributed by atoms with Crippen LogP contribution in [-0.4, -0.2) is 23.6 Å². The van der Waals surface area contributed by atoms with Crippen molar-refractivity contribution in [3.8, 4) is 0 Å². The average Bonchev–Trinajstić information content (AvgIpc) is 2.61. The maximum absolute atomic E-state index is 12.7. The summed E-state index contributed by atoms with van der Waals surface area (Å²) in [6.45, 7) is 5.42. The van der Waals surface area contributed by atoms with Gasteiger partial charge in [-0.15, -0.1) is 0 Å². The Labute approximate surface area is 164 Å². The molecule has 27 heavy (non-hydrogen) atoms. The molecule has 2 rings (SSSR count). The number of halogens is 1. The Bertz CT molecular complexity index is 832. The Morgan fingerprint density at radius 3 is 2.26 bits per heavy atom. The lowest BCUT2D eigenvalue weighted by atomic mass is 10.0. The van der Waals surface area contributed by atoms with E-state index < -0.39 is 6.04 Å². The molecule has 0 spiro atoms. The van der Waals surface area contributed by atoms with Gasteiger partial charge in [-0.25, -0.2) is 0 Å². The third-order valence-electron chi connectivity index (χ3n) is 3.97. The summed E-state index contributed by atoms with van der Waals surface area (Å²) >= 11 is 5.85. The maximum atomic E-state index is 12.7. The first kappa shape index (κ1) is 20.6. The van der Waals surface area contributed by atoms with Crippen molar-refractivity contribution in [2.75, 3.05) is 5.32 Å². The molecule has 0 saturated heterocycles. The normalized spacial score (nSPS) is 11.7. The van der Waals surface area contributed by atoms with Gasteiger partial charge >= 0.3 is 0 Å². The second-order valence-corrected chi connectivity index (χ2v) is 7.23. The lowest BCUT2D eigenvalue weighted by molar-refractivity contribution is -0.118. The summed E-state index contributed by atoms with van der Waals surface area (Å²) in [5, 5.41) is 6.10. The number of carbonyl (C=O) groups excluding carboxylic acids is 3. The van der Waals surface area contributed by atoms with Crippen LogP contribution in [0.5, 0.6) is 0 Å². The second-order valence-electron chi connectivity index (χ2n) is 6.79. The summed E-state index contributed by atoms with van der Waals surface area (Å²) in [5.41, 5.74) is 1.46. The van der Waals surface area contributed by atoms with Gasteiger partial charge in [0.1, 0.15) is 6.04 Å². The fourth-order valence-electron chi connectivity index (χ4n) is 2.59. The lowest BCUT2D eigenvalue weighted by Gasteiger charge is -2.20. The van der Waals surface area contributed by atoms with Crippen LogP contribution in [0.4, 0.5) is 5.69 Å². The van der Waals surface area contributed by atoms with Crippen molar-refractivity contribution >= 4 is 34.9 Å². The summed E-state index contributed by atoms with van der Waals surface area (Å²) in [5.74, 6) is -0.549. The zero-order valence-electron chi connectivity index (χ0n) is 15.6. The van der Waals surface area contributed by atoms with Crippen LogP contribution >= 0.6 is 11.6 Å². The van der Waals surface area contributed by atoms with E-state index in [9.17, 15) is 14.4 Å². The highest BCUT2D eigenvalue weighted by Crippen LogP contribution is 2.15. The van der Waals surface area contributed by atoms with Gasteiger partial charge in [0.25, 0.3) is 5.91 Å². The molecular formula is C21H23ClN2O3. The van der Waals surface area contributed by atoms with Gasteiger partial charge in [-0.2, -0.15) is 0 Å². The van der Waals surface area contributed by atoms with Gasteiger partial charge in [0.05, 0.1) is 0 Å². The van der Waals surface area contributed by atoms with Gasteiger partial charge in [0.2, 0.25) is 5.91 Å². The number of hydrogen-bond donors (Lipinski definition) is 2. The van der Waals surface area contributed by atoms with E-state index in [4.69, 9.17) is 11.6 Å². The van der Waals surface area contributed by atoms with E-state index >= 15 is 0 Å². The number of rotatable bonds is 7. The van der Waals surface area contributed by atoms with Gasteiger partial charge in [-0.3, -0.25) is 14.4 Å². The van der Waals surface area contributed by atoms with E-state index in [0.717, 1.165) is 0 Å². The first-order valence-electron chi connectivity index (χ1n) is 8.74. The van der Waals surface area contributed by atoms with Gasteiger partial charge < -0.3 is 10.6 Å². The minimum Gasteiger partial charge on any atom is -0.340 e. The van der Waals surface area contributed by atoms with E-state index in [1.165, 1.54) is 6.92 Å². The molecule has 2 aromatic carbocycles. The molecule has 0 aliphatic heterocycles. The molecule has 0 aliphatic rings. The SMILES string of the molecule is CC(=O)c1cccc(NC(=O)[C@H](CC(C)C)NC(=O)c2ccc(Cl)cc2)c1. The van der Waals surface area contributed by atoms with Crippen molar-refractivity contribution in [1.29, 1.82) is 0 Å². The highest BCUT2D eigenvalue weighted by Gasteiger charge is 2.23. The van der Waals surface area contributed by atoms with Crippen molar-refractivity contribution in [3.05, 3.63) is 64.7 Å². The van der Waals surface area contributed by atoms with Crippen molar-refractivity contribution in [3.63, 3.8) is 0 Å². The molecule has 0 bridgehead atoms. The molecule has 0 aliphatic carbocycles. The summed E-state index contributed by atoms with van der Waals surface area (Å²) in [6, 6.07) is 12.5. The molecule has 0 unspecified atom stereocenters. The molecule has 0 radical (unpaired) electrons. The van der Waals surface area contributed by atoms with Crippen molar-refractivity contribution in [2.24, 2.45) is 5.92 Å². The second kappa shape index (κ2) is 9.33. The Morgan fingerprint density at radius 2 is 1.67 bits per heavy atom. The van der Waals surface area contributed by atoms with Crippen molar-refractivity contribution in [2.45, 2.75) is 33.2 Å². The Morgan fingerprint density at radius 1 is 1.00 bits per heavy atom. The topological polar surface area (TPSA) is 75.3 Å². The largest absolute Gasteiger partial charge is 0.340 e. The molecule has 0 aromatic heterocycles. The van der Waals surface area contributed by atoms with E-state index in [1.807, 2.05) is 13.8 Å². The molecule has 2 N–H and O–H groups in total. The summed E-state index contributed by atoms with van der Waals surface area (Å²) < 4.78 is 0. The number of ketones is 1. The number of anilines is 1. The van der Waals surface area contributed by atoms with E-state index in [2.05, 4.69) is 10.6 Å². The zero-order valence-corrected chi connectivity index (χ0v) is 16.3. The highest BCUT2D eigenvalue weighted by molar-refractivity contribution is 6.30. The molecule has 0 saturated carbocycles. The van der Waals surface area contributed by atoms with E-state index in [1.54, 1.807) is 48.5 Å². The first-order valence-corrected chi connectivity index (χ1v) is 9.12. The quantitative estimate of drug-likeness (QED) is 0.695. The Hall–Kier alpha value is -2.66. The van der Waals surface area contributed by atoms with E-state index in [0.29, 0.717) is 28.3 Å². The number of nitrogens with one attached hydrogen (secondary N) is 2. The van der Waals surface area contributed by atoms with Gasteiger partial charge in [-0.1, -0.05) is 37.6 Å². The first-order chi connectivity index (χ1) is 12.8. The van der Waals surface area contributed by atoms with E-state index in [-0.39, 0.29) is 23.5 Å². The minimum absolute atomic E-state index is 0.0825. The summed E-state index contributed by atoms with van der Waals surface area (Å²) in [6.07, 6.45) is 0.484. The van der Waals surface area contributed by atoms with Crippen LogP contribution in [-0.2, 0) is 4.79 Å². The minimum atomic E-state index is -0.700. The van der Waals surface area contributed by atoms with Crippen LogP contribution in [0.1, 0.15) is 47.9 Å². The number of amides is 2. The van der Waals surface area contributed by atoms with Crippen LogP contribution in [0.15, 0.2) is 48.5 Å².